The van der Waals surface area contributed by atoms with Crippen LogP contribution in [0, 0.1) is 0 Å². The Kier molecular flexibility index (Phi) is 12.8. The van der Waals surface area contributed by atoms with E-state index in [4.69, 9.17) is 0 Å². The Morgan fingerprint density at radius 1 is 0.650 bits per heavy atom. The molecular weight excluding hydrogens is 280 g/mol. The summed E-state index contributed by atoms with van der Waals surface area (Å²) in [4.78, 5) is 40.8. The molecule has 10 heteroatoms. The van der Waals surface area contributed by atoms with Gasteiger partial charge in [0, 0.05) is 0 Å². The van der Waals surface area contributed by atoms with Gasteiger partial charge < -0.3 is 28.4 Å². The Balaban J connectivity index is 0. The van der Waals surface area contributed by atoms with Crippen LogP contribution in [-0.2, 0) is 28.4 Å². The zero-order valence-electron chi connectivity index (χ0n) is 11.5. The van der Waals surface area contributed by atoms with Gasteiger partial charge in [-0.2, -0.15) is 0 Å². The van der Waals surface area contributed by atoms with Gasteiger partial charge in [0.15, 0.2) is 0 Å². The van der Waals surface area contributed by atoms with E-state index >= 15 is 0 Å². The third-order valence-corrected chi connectivity index (χ3v) is 1.19. The summed E-state index contributed by atoms with van der Waals surface area (Å²) in [5.41, 5.74) is 0. The van der Waals surface area contributed by atoms with E-state index in [-0.39, 0.29) is 13.2 Å². The number of hydrogen-bond donors (Lipinski definition) is 0. The second kappa shape index (κ2) is 12.9. The van der Waals surface area contributed by atoms with Crippen LogP contribution in [0.1, 0.15) is 13.8 Å². The maximum absolute atomic E-state index is 10.4. The van der Waals surface area contributed by atoms with Crippen molar-refractivity contribution in [2.24, 2.45) is 0 Å². The van der Waals surface area contributed by atoms with Gasteiger partial charge in [0.25, 0.3) is 0 Å². The second-order valence-electron chi connectivity index (χ2n) is 2.48. The molecule has 0 spiro atoms. The van der Waals surface area contributed by atoms with Crippen LogP contribution in [0.25, 0.3) is 0 Å². The highest BCUT2D eigenvalue weighted by atomic mass is 16.8. The minimum atomic E-state index is -1.08. The molecule has 0 aromatic heterocycles. The number of carbonyl (C=O) groups excluding carboxylic acids is 4. The fraction of sp³-hybridized carbons (Fsp3) is 0.600. The highest BCUT2D eigenvalue weighted by Crippen LogP contribution is 1.89. The Morgan fingerprint density at radius 3 is 1.20 bits per heavy atom. The van der Waals surface area contributed by atoms with Crippen molar-refractivity contribution in [2.75, 3.05) is 27.4 Å². The van der Waals surface area contributed by atoms with Crippen LogP contribution in [0.2, 0.25) is 0 Å². The molecule has 0 aromatic carbocycles. The van der Waals surface area contributed by atoms with Gasteiger partial charge in [-0.05, 0) is 13.8 Å². The fourth-order valence-electron chi connectivity index (χ4n) is 0.514. The van der Waals surface area contributed by atoms with E-state index in [9.17, 15) is 19.2 Å². The molecule has 10 nitrogen and oxygen atoms in total. The van der Waals surface area contributed by atoms with Gasteiger partial charge in [0.05, 0.1) is 27.4 Å². The van der Waals surface area contributed by atoms with Gasteiger partial charge in [0.1, 0.15) is 0 Å². The molecule has 0 aromatic rings. The van der Waals surface area contributed by atoms with E-state index in [0.29, 0.717) is 0 Å². The number of carbonyl (C=O) groups is 4. The predicted octanol–water partition coefficient (Wildman–Crippen LogP) is 1.85. The highest BCUT2D eigenvalue weighted by molar-refractivity contribution is 5.77. The lowest BCUT2D eigenvalue weighted by Gasteiger charge is -2.01. The molecule has 0 fully saturated rings. The topological polar surface area (TPSA) is 124 Å². The second-order valence-corrected chi connectivity index (χ2v) is 2.48. The van der Waals surface area contributed by atoms with Gasteiger partial charge in [-0.25, -0.2) is 19.2 Å². The van der Waals surface area contributed by atoms with Crippen molar-refractivity contribution in [3.63, 3.8) is 0 Å². The van der Waals surface area contributed by atoms with Gasteiger partial charge in [-0.15, -0.1) is 0 Å². The summed E-state index contributed by atoms with van der Waals surface area (Å²) in [6, 6.07) is 0. The fourth-order valence-corrected chi connectivity index (χ4v) is 0.514. The molecule has 0 saturated carbocycles. The summed E-state index contributed by atoms with van der Waals surface area (Å²) in [5, 5.41) is 0. The van der Waals surface area contributed by atoms with Crippen LogP contribution < -0.4 is 0 Å². The van der Waals surface area contributed by atoms with Crippen molar-refractivity contribution < 1.29 is 47.6 Å². The van der Waals surface area contributed by atoms with Gasteiger partial charge in [-0.1, -0.05) is 0 Å². The summed E-state index contributed by atoms with van der Waals surface area (Å²) in [6.07, 6.45) is -4.24. The van der Waals surface area contributed by atoms with Crippen LogP contribution in [0.4, 0.5) is 19.2 Å². The van der Waals surface area contributed by atoms with Crippen molar-refractivity contribution in [1.29, 1.82) is 0 Å². The lowest BCUT2D eigenvalue weighted by atomic mass is 10.9. The minimum Gasteiger partial charge on any atom is -0.437 e. The monoisotopic (exact) mass is 296 g/mol. The third-order valence-electron chi connectivity index (χ3n) is 1.19. The molecule has 0 amide bonds. The average Bonchev–Trinajstić information content (AvgIpc) is 2.39. The minimum absolute atomic E-state index is 0.165. The maximum Gasteiger partial charge on any atom is 0.518 e. The normalized spacial score (nSPS) is 8.20. The Morgan fingerprint density at radius 2 is 0.950 bits per heavy atom. The summed E-state index contributed by atoms with van der Waals surface area (Å²) >= 11 is 0. The Labute approximate surface area is 114 Å². The molecule has 20 heavy (non-hydrogen) atoms. The first-order valence-corrected chi connectivity index (χ1v) is 5.26. The van der Waals surface area contributed by atoms with Crippen molar-refractivity contribution in [2.45, 2.75) is 13.8 Å². The van der Waals surface area contributed by atoms with Crippen molar-refractivity contribution in [3.05, 3.63) is 0 Å². The molecule has 0 aliphatic carbocycles. The molecule has 0 N–H and O–H groups in total. The first kappa shape index (κ1) is 19.8. The lowest BCUT2D eigenvalue weighted by Crippen LogP contribution is -2.14. The van der Waals surface area contributed by atoms with E-state index in [2.05, 4.69) is 28.4 Å². The molecule has 0 heterocycles. The van der Waals surface area contributed by atoms with Crippen LogP contribution in [0.5, 0.6) is 0 Å². The summed E-state index contributed by atoms with van der Waals surface area (Å²) in [5.74, 6) is 0. The molecule has 0 saturated heterocycles. The van der Waals surface area contributed by atoms with Gasteiger partial charge in [0.2, 0.25) is 0 Å². The first-order chi connectivity index (χ1) is 9.40. The summed E-state index contributed by atoms with van der Waals surface area (Å²) < 4.78 is 24.4. The van der Waals surface area contributed by atoms with Gasteiger partial charge in [-0.3, -0.25) is 0 Å². The van der Waals surface area contributed by atoms with Crippen molar-refractivity contribution in [3.8, 4) is 0 Å². The molecule has 0 radical (unpaired) electrons. The maximum atomic E-state index is 10.4. The predicted molar refractivity (Wildman–Crippen MR) is 61.0 cm³/mol. The molecule has 0 aliphatic heterocycles. The zero-order chi connectivity index (χ0) is 16.0. The zero-order valence-corrected chi connectivity index (χ0v) is 11.5. The van der Waals surface area contributed by atoms with E-state index in [0.717, 1.165) is 14.2 Å². The van der Waals surface area contributed by atoms with Crippen molar-refractivity contribution in [1.82, 2.24) is 0 Å². The SMILES string of the molecule is CCOC(=O)OC(=O)OCC.COC(=O)OC(=O)OC. The van der Waals surface area contributed by atoms with Crippen LogP contribution >= 0.6 is 0 Å². The molecule has 0 bridgehead atoms. The number of hydrogen-bond acceptors (Lipinski definition) is 10. The molecule has 0 aliphatic rings. The molecular formula is C10H16O10. The molecule has 0 unspecified atom stereocenters. The van der Waals surface area contributed by atoms with E-state index < -0.39 is 24.6 Å². The number of methoxy groups -OCH3 is 2. The smallest absolute Gasteiger partial charge is 0.437 e. The lowest BCUT2D eigenvalue weighted by molar-refractivity contribution is 0.0407. The highest BCUT2D eigenvalue weighted by Gasteiger charge is 2.10. The van der Waals surface area contributed by atoms with Gasteiger partial charge >= 0.3 is 24.6 Å². The molecule has 0 atom stereocenters. The van der Waals surface area contributed by atoms with Crippen LogP contribution in [0.15, 0.2) is 0 Å². The van der Waals surface area contributed by atoms with Crippen LogP contribution in [0.3, 0.4) is 0 Å². The third kappa shape index (κ3) is 13.5. The quantitative estimate of drug-likeness (QED) is 0.423. The molecule has 0 rings (SSSR count). The van der Waals surface area contributed by atoms with E-state index in [1.807, 2.05) is 0 Å². The van der Waals surface area contributed by atoms with E-state index in [1.54, 1.807) is 13.8 Å². The Hall–Kier alpha value is -2.52. The number of ether oxygens (including phenoxy) is 6. The Bertz CT molecular complexity index is 294. The average molecular weight is 296 g/mol. The summed E-state index contributed by atoms with van der Waals surface area (Å²) in [6.45, 7) is 3.54. The standard InChI is InChI=1S/C6H10O5.C4H6O5/c1-3-9-5(7)11-6(8)10-4-2;1-7-3(5)9-4(6)8-2/h3-4H2,1-2H3;1-2H3. The molecule has 116 valence electrons. The van der Waals surface area contributed by atoms with Crippen LogP contribution in [-0.4, -0.2) is 52.1 Å². The number of rotatable bonds is 2. The van der Waals surface area contributed by atoms with E-state index in [1.165, 1.54) is 0 Å². The summed E-state index contributed by atoms with van der Waals surface area (Å²) in [7, 11) is 2.18. The van der Waals surface area contributed by atoms with Crippen molar-refractivity contribution >= 4 is 24.6 Å². The first-order valence-electron chi connectivity index (χ1n) is 5.26. The largest absolute Gasteiger partial charge is 0.518 e.